The number of hydrogen-bond acceptors (Lipinski definition) is 3. The van der Waals surface area contributed by atoms with Crippen LogP contribution in [0.3, 0.4) is 0 Å². The Morgan fingerprint density at radius 2 is 1.93 bits per heavy atom. The minimum absolute atomic E-state index is 0.249. The highest BCUT2D eigenvalue weighted by Crippen LogP contribution is 2.28. The molecule has 0 spiro atoms. The number of rotatable bonds is 3. The summed E-state index contributed by atoms with van der Waals surface area (Å²) in [4.78, 5) is 11.4. The summed E-state index contributed by atoms with van der Waals surface area (Å²) in [5.74, 6) is 0.559. The first-order chi connectivity index (χ1) is 7.02. The molecule has 0 radical (unpaired) electrons. The second kappa shape index (κ2) is 4.45. The van der Waals surface area contributed by atoms with Crippen molar-refractivity contribution in [2.45, 2.75) is 20.8 Å². The lowest BCUT2D eigenvalue weighted by Crippen LogP contribution is -2.09. The number of ketones is 1. The first kappa shape index (κ1) is 11.7. The van der Waals surface area contributed by atoms with Gasteiger partial charge in [0.2, 0.25) is 0 Å². The molecule has 1 rings (SSSR count). The second-order valence-electron chi connectivity index (χ2n) is 3.61. The molecular weight excluding hydrogens is 192 g/mol. The van der Waals surface area contributed by atoms with Crippen LogP contribution in [0.5, 0.6) is 5.75 Å². The number of benzene rings is 1. The average Bonchev–Trinajstić information content (AvgIpc) is 2.23. The van der Waals surface area contributed by atoms with E-state index in [9.17, 15) is 4.79 Å². The van der Waals surface area contributed by atoms with E-state index in [1.807, 2.05) is 20.8 Å². The van der Waals surface area contributed by atoms with Gasteiger partial charge in [-0.05, 0) is 43.5 Å². The van der Waals surface area contributed by atoms with E-state index in [0.717, 1.165) is 22.4 Å². The van der Waals surface area contributed by atoms with Crippen LogP contribution in [0.4, 0.5) is 0 Å². The minimum atomic E-state index is -0.452. The number of ether oxygens (including phenoxy) is 1. The lowest BCUT2D eigenvalue weighted by molar-refractivity contribution is 0.0903. The molecule has 0 unspecified atom stereocenters. The molecule has 3 heteroatoms. The van der Waals surface area contributed by atoms with Crippen molar-refractivity contribution in [3.8, 4) is 5.75 Å². The van der Waals surface area contributed by atoms with Gasteiger partial charge in [0, 0.05) is 5.56 Å². The van der Waals surface area contributed by atoms with Gasteiger partial charge in [0.15, 0.2) is 5.78 Å². The van der Waals surface area contributed by atoms with Crippen molar-refractivity contribution in [2.24, 2.45) is 0 Å². The summed E-state index contributed by atoms with van der Waals surface area (Å²) in [6.07, 6.45) is 0. The fraction of sp³-hybridized carbons (Fsp3) is 0.417. The quantitative estimate of drug-likeness (QED) is 0.770. The fourth-order valence-electron chi connectivity index (χ4n) is 1.75. The molecule has 0 aromatic heterocycles. The van der Waals surface area contributed by atoms with Gasteiger partial charge < -0.3 is 9.84 Å². The number of aryl methyl sites for hydroxylation is 1. The number of Topliss-reactive ketones (excluding diaryl/α,β-unsaturated/α-hetero) is 1. The zero-order chi connectivity index (χ0) is 11.6. The van der Waals surface area contributed by atoms with E-state index in [0.29, 0.717) is 5.56 Å². The molecule has 0 heterocycles. The molecule has 82 valence electrons. The highest BCUT2D eigenvalue weighted by atomic mass is 16.5. The van der Waals surface area contributed by atoms with Crippen LogP contribution in [0.2, 0.25) is 0 Å². The Kier molecular flexibility index (Phi) is 3.48. The maximum absolute atomic E-state index is 11.4. The molecule has 0 amide bonds. The Labute approximate surface area is 89.7 Å². The molecule has 15 heavy (non-hydrogen) atoms. The van der Waals surface area contributed by atoms with Crippen molar-refractivity contribution in [3.05, 3.63) is 28.3 Å². The zero-order valence-electron chi connectivity index (χ0n) is 9.55. The summed E-state index contributed by atoms with van der Waals surface area (Å²) in [5.41, 5.74) is 3.32. The number of carbonyl (C=O) groups excluding carboxylic acids is 1. The van der Waals surface area contributed by atoms with Gasteiger partial charge in [-0.15, -0.1) is 0 Å². The minimum Gasteiger partial charge on any atom is -0.496 e. The molecule has 0 aliphatic rings. The zero-order valence-corrected chi connectivity index (χ0v) is 9.55. The third kappa shape index (κ3) is 2.02. The number of hydrogen-bond donors (Lipinski definition) is 1. The summed E-state index contributed by atoms with van der Waals surface area (Å²) in [6.45, 7) is 5.21. The first-order valence-electron chi connectivity index (χ1n) is 4.81. The molecule has 0 aliphatic carbocycles. The van der Waals surface area contributed by atoms with E-state index in [1.54, 1.807) is 13.2 Å². The molecule has 0 fully saturated rings. The maximum Gasteiger partial charge on any atom is 0.188 e. The first-order valence-corrected chi connectivity index (χ1v) is 4.81. The summed E-state index contributed by atoms with van der Waals surface area (Å²) >= 11 is 0. The van der Waals surface area contributed by atoms with Gasteiger partial charge in [-0.3, -0.25) is 4.79 Å². The van der Waals surface area contributed by atoms with Gasteiger partial charge in [0.05, 0.1) is 7.11 Å². The van der Waals surface area contributed by atoms with Crippen molar-refractivity contribution >= 4 is 5.78 Å². The largest absolute Gasteiger partial charge is 0.496 e. The van der Waals surface area contributed by atoms with E-state index in [2.05, 4.69) is 0 Å². The molecule has 1 aromatic carbocycles. The van der Waals surface area contributed by atoms with Crippen LogP contribution in [0.1, 0.15) is 27.0 Å². The van der Waals surface area contributed by atoms with Gasteiger partial charge in [0.1, 0.15) is 12.4 Å². The van der Waals surface area contributed by atoms with Crippen molar-refractivity contribution in [1.82, 2.24) is 0 Å². The lowest BCUT2D eigenvalue weighted by atomic mass is 9.96. The van der Waals surface area contributed by atoms with Crippen LogP contribution in [0, 0.1) is 20.8 Å². The normalized spacial score (nSPS) is 10.2. The SMILES string of the molecule is COc1c(C)cc(C(=O)CO)c(C)c1C. The molecule has 1 N–H and O–H groups in total. The van der Waals surface area contributed by atoms with Gasteiger partial charge in [0.25, 0.3) is 0 Å². The van der Waals surface area contributed by atoms with E-state index in [4.69, 9.17) is 9.84 Å². The summed E-state index contributed by atoms with van der Waals surface area (Å²) < 4.78 is 5.25. The summed E-state index contributed by atoms with van der Waals surface area (Å²) in [5, 5.41) is 8.84. The molecule has 0 bridgehead atoms. The van der Waals surface area contributed by atoms with Crippen molar-refractivity contribution in [2.75, 3.05) is 13.7 Å². The number of aliphatic hydroxyl groups is 1. The third-order valence-electron chi connectivity index (χ3n) is 2.67. The Morgan fingerprint density at radius 3 is 2.40 bits per heavy atom. The molecule has 0 saturated heterocycles. The van der Waals surface area contributed by atoms with E-state index >= 15 is 0 Å². The topological polar surface area (TPSA) is 46.5 Å². The van der Waals surface area contributed by atoms with Crippen molar-refractivity contribution < 1.29 is 14.6 Å². The molecular formula is C12H16O3. The highest BCUT2D eigenvalue weighted by Gasteiger charge is 2.14. The maximum atomic E-state index is 11.4. The highest BCUT2D eigenvalue weighted by molar-refractivity contribution is 5.99. The van der Waals surface area contributed by atoms with Crippen LogP contribution in [-0.2, 0) is 0 Å². The van der Waals surface area contributed by atoms with Crippen LogP contribution < -0.4 is 4.74 Å². The molecule has 0 saturated carbocycles. The van der Waals surface area contributed by atoms with Crippen molar-refractivity contribution in [3.63, 3.8) is 0 Å². The van der Waals surface area contributed by atoms with Crippen LogP contribution in [0.25, 0.3) is 0 Å². The van der Waals surface area contributed by atoms with Crippen LogP contribution in [-0.4, -0.2) is 24.6 Å². The van der Waals surface area contributed by atoms with E-state index in [1.165, 1.54) is 0 Å². The number of methoxy groups -OCH3 is 1. The smallest absolute Gasteiger partial charge is 0.188 e. The van der Waals surface area contributed by atoms with Gasteiger partial charge in [-0.1, -0.05) is 0 Å². The van der Waals surface area contributed by atoms with E-state index in [-0.39, 0.29) is 5.78 Å². The fourth-order valence-corrected chi connectivity index (χ4v) is 1.75. The summed E-state index contributed by atoms with van der Waals surface area (Å²) in [6, 6.07) is 1.76. The Bertz CT molecular complexity index is 394. The van der Waals surface area contributed by atoms with Gasteiger partial charge in [-0.2, -0.15) is 0 Å². The van der Waals surface area contributed by atoms with Gasteiger partial charge >= 0.3 is 0 Å². The predicted octanol–water partition coefficient (Wildman–Crippen LogP) is 1.80. The lowest BCUT2D eigenvalue weighted by Gasteiger charge is -2.14. The second-order valence-corrected chi connectivity index (χ2v) is 3.61. The van der Waals surface area contributed by atoms with Crippen LogP contribution in [0.15, 0.2) is 6.07 Å². The molecule has 0 atom stereocenters. The predicted molar refractivity (Wildman–Crippen MR) is 58.6 cm³/mol. The van der Waals surface area contributed by atoms with Gasteiger partial charge in [-0.25, -0.2) is 0 Å². The van der Waals surface area contributed by atoms with Crippen molar-refractivity contribution in [1.29, 1.82) is 0 Å². The Morgan fingerprint density at radius 1 is 1.33 bits per heavy atom. The average molecular weight is 208 g/mol. The molecule has 1 aromatic rings. The molecule has 0 aliphatic heterocycles. The van der Waals surface area contributed by atoms with Crippen LogP contribution >= 0.6 is 0 Å². The third-order valence-corrected chi connectivity index (χ3v) is 2.67. The standard InChI is InChI=1S/C12H16O3/c1-7-5-10(11(14)6-13)8(2)9(3)12(7)15-4/h5,13H,6H2,1-4H3. The summed E-state index contributed by atoms with van der Waals surface area (Å²) in [7, 11) is 1.61. The van der Waals surface area contributed by atoms with E-state index < -0.39 is 6.61 Å². The molecule has 3 nitrogen and oxygen atoms in total. The Balaban J connectivity index is 3.40. The number of carbonyl (C=O) groups is 1. The number of aliphatic hydroxyl groups excluding tert-OH is 1. The monoisotopic (exact) mass is 208 g/mol. The Hall–Kier alpha value is -1.35.